The molecule has 0 radical (unpaired) electrons. The number of hydrazine groups is 1. The number of hydrogen-bond acceptors (Lipinski definition) is 6. The van der Waals surface area contributed by atoms with Gasteiger partial charge in [-0.1, -0.05) is 26.7 Å². The van der Waals surface area contributed by atoms with Crippen LogP contribution in [-0.2, 0) is 0 Å². The van der Waals surface area contributed by atoms with E-state index in [1.807, 2.05) is 0 Å². The Hall–Kier alpha value is -1.40. The van der Waals surface area contributed by atoms with Crippen molar-refractivity contribution < 1.29 is 5.11 Å². The second-order valence-corrected chi connectivity index (χ2v) is 5.39. The molecule has 19 heavy (non-hydrogen) atoms. The molecule has 1 saturated carbocycles. The van der Waals surface area contributed by atoms with Gasteiger partial charge in [-0.2, -0.15) is 0 Å². The highest BCUT2D eigenvalue weighted by atomic mass is 16.3. The minimum Gasteiger partial charge on any atom is -0.391 e. The molecule has 6 nitrogen and oxygen atoms in total. The predicted molar refractivity (Wildman–Crippen MR) is 75.8 cm³/mol. The topological polar surface area (TPSA) is 96.1 Å². The Morgan fingerprint density at radius 3 is 2.58 bits per heavy atom. The van der Waals surface area contributed by atoms with Gasteiger partial charge in [-0.15, -0.1) is 0 Å². The lowest BCUT2D eigenvalue weighted by atomic mass is 9.92. The molecule has 1 aromatic heterocycles. The van der Waals surface area contributed by atoms with Gasteiger partial charge in [0.2, 0.25) is 0 Å². The summed E-state index contributed by atoms with van der Waals surface area (Å²) in [5.41, 5.74) is 3.57. The van der Waals surface area contributed by atoms with Crippen LogP contribution in [0.15, 0.2) is 6.33 Å². The molecule has 0 aliphatic heterocycles. The molecule has 2 unspecified atom stereocenters. The van der Waals surface area contributed by atoms with E-state index in [0.717, 1.165) is 37.1 Å². The van der Waals surface area contributed by atoms with Crippen LogP contribution in [0.3, 0.4) is 0 Å². The van der Waals surface area contributed by atoms with Crippen LogP contribution in [0.25, 0.3) is 0 Å². The van der Waals surface area contributed by atoms with Gasteiger partial charge < -0.3 is 15.8 Å². The fourth-order valence-corrected chi connectivity index (χ4v) is 2.63. The third kappa shape index (κ3) is 3.13. The standard InChI is InChI=1S/C13H23N5O/c1-8(2)11-12(15-7-16-13(11)18-14)17-9-5-3-4-6-10(9)19/h7-10,19H,3-6,14H2,1-2H3,(H2,15,16,17,18). The molecule has 0 spiro atoms. The molecular formula is C13H23N5O. The Morgan fingerprint density at radius 1 is 1.26 bits per heavy atom. The van der Waals surface area contributed by atoms with E-state index >= 15 is 0 Å². The van der Waals surface area contributed by atoms with Gasteiger partial charge >= 0.3 is 0 Å². The fraction of sp³-hybridized carbons (Fsp3) is 0.692. The van der Waals surface area contributed by atoms with Crippen molar-refractivity contribution in [2.45, 2.75) is 57.6 Å². The highest BCUT2D eigenvalue weighted by molar-refractivity contribution is 5.58. The summed E-state index contributed by atoms with van der Waals surface area (Å²) in [6.07, 6.45) is 5.22. The number of nitrogens with two attached hydrogens (primary N) is 1. The number of nitrogens with one attached hydrogen (secondary N) is 2. The molecule has 1 fully saturated rings. The number of aromatic nitrogens is 2. The lowest BCUT2D eigenvalue weighted by molar-refractivity contribution is 0.116. The van der Waals surface area contributed by atoms with Crippen LogP contribution < -0.4 is 16.6 Å². The number of nitrogens with zero attached hydrogens (tertiary/aromatic N) is 2. The highest BCUT2D eigenvalue weighted by Gasteiger charge is 2.25. The van der Waals surface area contributed by atoms with Gasteiger partial charge in [-0.25, -0.2) is 15.8 Å². The van der Waals surface area contributed by atoms with Gasteiger partial charge in [0.05, 0.1) is 12.1 Å². The molecule has 106 valence electrons. The molecule has 2 atom stereocenters. The Morgan fingerprint density at radius 2 is 1.95 bits per heavy atom. The van der Waals surface area contributed by atoms with Crippen LogP contribution in [0, 0.1) is 0 Å². The number of aliphatic hydroxyl groups excluding tert-OH is 1. The quantitative estimate of drug-likeness (QED) is 0.488. The molecule has 1 aliphatic rings. The molecule has 0 aromatic carbocycles. The first-order chi connectivity index (χ1) is 9.13. The van der Waals surface area contributed by atoms with Crippen LogP contribution in [0.2, 0.25) is 0 Å². The first-order valence-electron chi connectivity index (χ1n) is 6.89. The number of hydrogen-bond donors (Lipinski definition) is 4. The number of nitrogen functional groups attached to an aromatic ring is 1. The van der Waals surface area contributed by atoms with Crippen molar-refractivity contribution >= 4 is 11.6 Å². The zero-order chi connectivity index (χ0) is 13.8. The lowest BCUT2D eigenvalue weighted by Gasteiger charge is -2.30. The average Bonchev–Trinajstić information content (AvgIpc) is 2.40. The van der Waals surface area contributed by atoms with Crippen molar-refractivity contribution in [3.63, 3.8) is 0 Å². The Bertz CT molecular complexity index is 423. The summed E-state index contributed by atoms with van der Waals surface area (Å²) in [5, 5.41) is 13.4. The second-order valence-electron chi connectivity index (χ2n) is 5.39. The zero-order valence-corrected chi connectivity index (χ0v) is 11.6. The molecule has 5 N–H and O–H groups in total. The number of rotatable bonds is 4. The van der Waals surface area contributed by atoms with Gasteiger partial charge in [0.1, 0.15) is 18.0 Å². The maximum absolute atomic E-state index is 10.0. The SMILES string of the molecule is CC(C)c1c(NN)ncnc1NC1CCCCC1O. The van der Waals surface area contributed by atoms with Gasteiger partial charge in [0.25, 0.3) is 0 Å². The molecule has 2 rings (SSSR count). The summed E-state index contributed by atoms with van der Waals surface area (Å²) >= 11 is 0. The molecule has 6 heteroatoms. The minimum absolute atomic E-state index is 0.0618. The monoisotopic (exact) mass is 265 g/mol. The Balaban J connectivity index is 2.23. The summed E-state index contributed by atoms with van der Waals surface area (Å²) in [5.74, 6) is 7.15. The first kappa shape index (κ1) is 14.0. The first-order valence-corrected chi connectivity index (χ1v) is 6.89. The third-order valence-electron chi connectivity index (χ3n) is 3.65. The van der Waals surface area contributed by atoms with Crippen LogP contribution >= 0.6 is 0 Å². The minimum atomic E-state index is -0.307. The van der Waals surface area contributed by atoms with Crippen molar-refractivity contribution in [3.8, 4) is 0 Å². The number of anilines is 2. The molecular weight excluding hydrogens is 242 g/mol. The average molecular weight is 265 g/mol. The normalized spacial score (nSPS) is 23.4. The van der Waals surface area contributed by atoms with Crippen molar-refractivity contribution in [1.82, 2.24) is 9.97 Å². The molecule has 1 aliphatic carbocycles. The predicted octanol–water partition coefficient (Wildman–Crippen LogP) is 1.60. The highest BCUT2D eigenvalue weighted by Crippen LogP contribution is 2.30. The van der Waals surface area contributed by atoms with Crippen molar-refractivity contribution in [2.75, 3.05) is 10.7 Å². The van der Waals surface area contributed by atoms with Crippen molar-refractivity contribution in [3.05, 3.63) is 11.9 Å². The fourth-order valence-electron chi connectivity index (χ4n) is 2.63. The molecule has 1 aromatic rings. The smallest absolute Gasteiger partial charge is 0.148 e. The maximum atomic E-state index is 10.0. The van der Waals surface area contributed by atoms with Gasteiger partial charge in [-0.05, 0) is 18.8 Å². The molecule has 0 saturated heterocycles. The lowest BCUT2D eigenvalue weighted by Crippen LogP contribution is -2.37. The number of aliphatic hydroxyl groups is 1. The maximum Gasteiger partial charge on any atom is 0.148 e. The van der Waals surface area contributed by atoms with E-state index in [9.17, 15) is 5.11 Å². The second kappa shape index (κ2) is 6.16. The van der Waals surface area contributed by atoms with Crippen LogP contribution in [0.5, 0.6) is 0 Å². The van der Waals surface area contributed by atoms with Crippen LogP contribution in [0.4, 0.5) is 11.6 Å². The van der Waals surface area contributed by atoms with E-state index in [1.165, 1.54) is 6.33 Å². The Labute approximate surface area is 113 Å². The summed E-state index contributed by atoms with van der Waals surface area (Å²) in [7, 11) is 0. The van der Waals surface area contributed by atoms with Crippen LogP contribution in [-0.4, -0.2) is 27.2 Å². The largest absolute Gasteiger partial charge is 0.391 e. The third-order valence-corrected chi connectivity index (χ3v) is 3.65. The van der Waals surface area contributed by atoms with Crippen molar-refractivity contribution in [2.24, 2.45) is 5.84 Å². The summed E-state index contributed by atoms with van der Waals surface area (Å²) in [6, 6.07) is 0.0618. The van der Waals surface area contributed by atoms with Gasteiger partial charge in [-0.3, -0.25) is 0 Å². The Kier molecular flexibility index (Phi) is 4.55. The van der Waals surface area contributed by atoms with E-state index < -0.39 is 0 Å². The van der Waals surface area contributed by atoms with E-state index in [1.54, 1.807) is 0 Å². The van der Waals surface area contributed by atoms with E-state index in [4.69, 9.17) is 5.84 Å². The van der Waals surface area contributed by atoms with Gasteiger partial charge in [0, 0.05) is 5.56 Å². The van der Waals surface area contributed by atoms with Gasteiger partial charge in [0.15, 0.2) is 0 Å². The summed E-state index contributed by atoms with van der Waals surface area (Å²) < 4.78 is 0. The van der Waals surface area contributed by atoms with E-state index in [-0.39, 0.29) is 18.1 Å². The molecule has 1 heterocycles. The van der Waals surface area contributed by atoms with E-state index in [0.29, 0.717) is 5.82 Å². The summed E-state index contributed by atoms with van der Waals surface area (Å²) in [4.78, 5) is 8.45. The van der Waals surface area contributed by atoms with E-state index in [2.05, 4.69) is 34.6 Å². The van der Waals surface area contributed by atoms with Crippen LogP contribution in [0.1, 0.15) is 51.0 Å². The van der Waals surface area contributed by atoms with Crippen molar-refractivity contribution in [1.29, 1.82) is 0 Å². The molecule has 0 bridgehead atoms. The molecule has 0 amide bonds. The summed E-state index contributed by atoms with van der Waals surface area (Å²) in [6.45, 7) is 4.14. The zero-order valence-electron chi connectivity index (χ0n) is 11.6.